The summed E-state index contributed by atoms with van der Waals surface area (Å²) in [5.41, 5.74) is 1.98. The summed E-state index contributed by atoms with van der Waals surface area (Å²) in [6.07, 6.45) is 0. The van der Waals surface area contributed by atoms with Crippen LogP contribution in [0.2, 0.25) is 0 Å². The van der Waals surface area contributed by atoms with Gasteiger partial charge in [0.2, 0.25) is 0 Å². The maximum Gasteiger partial charge on any atom is 0.175 e. The first-order valence-corrected chi connectivity index (χ1v) is 6.73. The fraction of sp³-hybridized carbons (Fsp3) is 0.118. The van der Waals surface area contributed by atoms with E-state index in [0.29, 0.717) is 17.0 Å². The van der Waals surface area contributed by atoms with E-state index < -0.39 is 5.82 Å². The third kappa shape index (κ3) is 2.46. The summed E-state index contributed by atoms with van der Waals surface area (Å²) in [6, 6.07) is 13.4. The SMILES string of the molecule is COc1ccc(-c2noc(-c3ccccc3F)c2CO)cc1. The van der Waals surface area contributed by atoms with Gasteiger partial charge in [0, 0.05) is 5.56 Å². The number of nitrogens with zero attached hydrogens (tertiary/aromatic N) is 1. The van der Waals surface area contributed by atoms with E-state index in [9.17, 15) is 9.50 Å². The van der Waals surface area contributed by atoms with Crippen LogP contribution in [0, 0.1) is 5.82 Å². The van der Waals surface area contributed by atoms with Crippen LogP contribution in [0.5, 0.6) is 5.75 Å². The van der Waals surface area contributed by atoms with Crippen molar-refractivity contribution in [2.45, 2.75) is 6.61 Å². The lowest BCUT2D eigenvalue weighted by Crippen LogP contribution is -1.91. The van der Waals surface area contributed by atoms with Gasteiger partial charge in [-0.3, -0.25) is 0 Å². The van der Waals surface area contributed by atoms with E-state index in [0.717, 1.165) is 5.56 Å². The first-order chi connectivity index (χ1) is 10.7. The van der Waals surface area contributed by atoms with E-state index in [1.807, 2.05) is 0 Å². The Hall–Kier alpha value is -2.66. The van der Waals surface area contributed by atoms with Gasteiger partial charge in [-0.25, -0.2) is 4.39 Å². The van der Waals surface area contributed by atoms with Gasteiger partial charge in [0.1, 0.15) is 17.3 Å². The van der Waals surface area contributed by atoms with Gasteiger partial charge in [0.15, 0.2) is 5.76 Å². The number of benzene rings is 2. The third-order valence-corrected chi connectivity index (χ3v) is 3.43. The van der Waals surface area contributed by atoms with Crippen molar-refractivity contribution in [1.82, 2.24) is 5.16 Å². The molecular formula is C17H14FNO3. The summed E-state index contributed by atoms with van der Waals surface area (Å²) in [5.74, 6) is 0.535. The molecule has 1 N–H and O–H groups in total. The van der Waals surface area contributed by atoms with Gasteiger partial charge >= 0.3 is 0 Å². The smallest absolute Gasteiger partial charge is 0.175 e. The first kappa shape index (κ1) is 14.3. The highest BCUT2D eigenvalue weighted by Crippen LogP contribution is 2.34. The van der Waals surface area contributed by atoms with Gasteiger partial charge in [-0.1, -0.05) is 17.3 Å². The highest BCUT2D eigenvalue weighted by atomic mass is 19.1. The van der Waals surface area contributed by atoms with Gasteiger partial charge < -0.3 is 14.4 Å². The molecule has 0 saturated heterocycles. The maximum absolute atomic E-state index is 13.9. The molecule has 3 aromatic rings. The Morgan fingerprint density at radius 1 is 1.14 bits per heavy atom. The molecule has 5 heteroatoms. The average molecular weight is 299 g/mol. The van der Waals surface area contributed by atoms with E-state index in [2.05, 4.69) is 5.16 Å². The topological polar surface area (TPSA) is 55.5 Å². The summed E-state index contributed by atoms with van der Waals surface area (Å²) >= 11 is 0. The molecule has 0 spiro atoms. The molecule has 1 aromatic heterocycles. The van der Waals surface area contributed by atoms with E-state index in [1.165, 1.54) is 6.07 Å². The predicted molar refractivity (Wildman–Crippen MR) is 79.8 cm³/mol. The minimum atomic E-state index is -0.422. The summed E-state index contributed by atoms with van der Waals surface area (Å²) in [5, 5.41) is 13.6. The summed E-state index contributed by atoms with van der Waals surface area (Å²) in [4.78, 5) is 0. The van der Waals surface area contributed by atoms with E-state index >= 15 is 0 Å². The molecule has 0 aliphatic carbocycles. The van der Waals surface area contributed by atoms with E-state index in [4.69, 9.17) is 9.26 Å². The molecule has 0 atom stereocenters. The van der Waals surface area contributed by atoms with Gasteiger partial charge in [-0.05, 0) is 36.4 Å². The van der Waals surface area contributed by atoms with Gasteiger partial charge in [0.05, 0.1) is 24.8 Å². The predicted octanol–water partition coefficient (Wildman–Crippen LogP) is 3.65. The van der Waals surface area contributed by atoms with Crippen LogP contribution in [0.3, 0.4) is 0 Å². The number of hydrogen-bond donors (Lipinski definition) is 1. The van der Waals surface area contributed by atoms with Crippen LogP contribution < -0.4 is 4.74 Å². The normalized spacial score (nSPS) is 10.7. The molecule has 4 nitrogen and oxygen atoms in total. The number of ether oxygens (including phenoxy) is 1. The monoisotopic (exact) mass is 299 g/mol. The molecule has 0 amide bonds. The van der Waals surface area contributed by atoms with Crippen LogP contribution in [0.4, 0.5) is 4.39 Å². The Labute approximate surface area is 126 Å². The van der Waals surface area contributed by atoms with E-state index in [-0.39, 0.29) is 17.9 Å². The summed E-state index contributed by atoms with van der Waals surface area (Å²) in [7, 11) is 1.58. The summed E-state index contributed by atoms with van der Waals surface area (Å²) in [6.45, 7) is -0.297. The molecule has 0 unspecified atom stereocenters. The lowest BCUT2D eigenvalue weighted by atomic mass is 10.0. The van der Waals surface area contributed by atoms with Crippen molar-refractivity contribution in [2.75, 3.05) is 7.11 Å². The second kappa shape index (κ2) is 5.99. The number of halogens is 1. The highest BCUT2D eigenvalue weighted by molar-refractivity contribution is 5.73. The number of aromatic nitrogens is 1. The Morgan fingerprint density at radius 3 is 2.50 bits per heavy atom. The fourth-order valence-electron chi connectivity index (χ4n) is 2.29. The molecular weight excluding hydrogens is 285 g/mol. The molecule has 0 aliphatic heterocycles. The Morgan fingerprint density at radius 2 is 1.86 bits per heavy atom. The zero-order valence-electron chi connectivity index (χ0n) is 11.9. The standard InChI is InChI=1S/C17H14FNO3/c1-21-12-8-6-11(7-9-12)16-14(10-20)17(22-19-16)13-4-2-3-5-15(13)18/h2-9,20H,10H2,1H3. The quantitative estimate of drug-likeness (QED) is 0.799. The van der Waals surface area contributed by atoms with Crippen molar-refractivity contribution in [3.8, 4) is 28.3 Å². The van der Waals surface area contributed by atoms with Crippen molar-refractivity contribution in [2.24, 2.45) is 0 Å². The molecule has 0 radical (unpaired) electrons. The number of hydrogen-bond acceptors (Lipinski definition) is 4. The van der Waals surface area contributed by atoms with Crippen molar-refractivity contribution >= 4 is 0 Å². The molecule has 0 saturated carbocycles. The van der Waals surface area contributed by atoms with Crippen LogP contribution in [-0.4, -0.2) is 17.4 Å². The molecule has 1 heterocycles. The molecule has 0 bridgehead atoms. The third-order valence-electron chi connectivity index (χ3n) is 3.43. The lowest BCUT2D eigenvalue weighted by molar-refractivity contribution is 0.281. The summed E-state index contributed by atoms with van der Waals surface area (Å²) < 4.78 is 24.3. The molecule has 0 aliphatic rings. The largest absolute Gasteiger partial charge is 0.497 e. The zero-order chi connectivity index (χ0) is 15.5. The maximum atomic E-state index is 13.9. The van der Waals surface area contributed by atoms with Gasteiger partial charge in [0.25, 0.3) is 0 Å². The molecule has 22 heavy (non-hydrogen) atoms. The minimum absolute atomic E-state index is 0.242. The second-order valence-corrected chi connectivity index (χ2v) is 4.71. The number of methoxy groups -OCH3 is 1. The zero-order valence-corrected chi connectivity index (χ0v) is 11.9. The first-order valence-electron chi connectivity index (χ1n) is 6.73. The highest BCUT2D eigenvalue weighted by Gasteiger charge is 2.20. The molecule has 0 fully saturated rings. The van der Waals surface area contributed by atoms with Crippen molar-refractivity contribution in [3.63, 3.8) is 0 Å². The number of aliphatic hydroxyl groups excluding tert-OH is 1. The molecule has 3 rings (SSSR count). The van der Waals surface area contributed by atoms with Crippen LogP contribution in [0.25, 0.3) is 22.6 Å². The Bertz CT molecular complexity index is 781. The second-order valence-electron chi connectivity index (χ2n) is 4.71. The van der Waals surface area contributed by atoms with Crippen molar-refractivity contribution < 1.29 is 18.8 Å². The van der Waals surface area contributed by atoms with Gasteiger partial charge in [-0.2, -0.15) is 0 Å². The molecule has 2 aromatic carbocycles. The average Bonchev–Trinajstić information content (AvgIpc) is 2.99. The number of aliphatic hydroxyl groups is 1. The van der Waals surface area contributed by atoms with Gasteiger partial charge in [-0.15, -0.1) is 0 Å². The van der Waals surface area contributed by atoms with Crippen LogP contribution in [0.15, 0.2) is 53.1 Å². The minimum Gasteiger partial charge on any atom is -0.497 e. The fourth-order valence-corrected chi connectivity index (χ4v) is 2.29. The van der Waals surface area contributed by atoms with Crippen LogP contribution in [-0.2, 0) is 6.61 Å². The van der Waals surface area contributed by atoms with Crippen molar-refractivity contribution in [3.05, 3.63) is 59.9 Å². The van der Waals surface area contributed by atoms with Crippen LogP contribution in [0.1, 0.15) is 5.56 Å². The Kier molecular flexibility index (Phi) is 3.89. The van der Waals surface area contributed by atoms with Crippen LogP contribution >= 0.6 is 0 Å². The lowest BCUT2D eigenvalue weighted by Gasteiger charge is -2.03. The number of rotatable bonds is 4. The van der Waals surface area contributed by atoms with Crippen molar-refractivity contribution in [1.29, 1.82) is 0 Å². The Balaban J connectivity index is 2.09. The van der Waals surface area contributed by atoms with E-state index in [1.54, 1.807) is 49.6 Å². The molecule has 112 valence electrons.